The molecule has 2 rings (SSSR count). The van der Waals surface area contributed by atoms with Crippen molar-refractivity contribution in [3.8, 4) is 0 Å². The first kappa shape index (κ1) is 27.8. The van der Waals surface area contributed by atoms with Crippen molar-refractivity contribution in [2.45, 2.75) is 27.7 Å². The predicted octanol–water partition coefficient (Wildman–Crippen LogP) is 4.70. The van der Waals surface area contributed by atoms with Gasteiger partial charge in [0.1, 0.15) is 0 Å². The largest absolute Gasteiger partial charge is 0.759 e. The summed E-state index contributed by atoms with van der Waals surface area (Å²) >= 11 is 0. The highest BCUT2D eigenvalue weighted by atomic mass is 32.3. The first-order chi connectivity index (χ1) is 14.6. The molecule has 0 fully saturated rings. The maximum Gasteiger partial charge on any atom is 0.385 e. The molecule has 31 heavy (non-hydrogen) atoms. The molecule has 0 spiro atoms. The lowest BCUT2D eigenvalue weighted by atomic mass is 10.2. The van der Waals surface area contributed by atoms with Gasteiger partial charge in [0.05, 0.1) is 0 Å². The average Bonchev–Trinajstić information content (AvgIpc) is 2.76. The third-order valence-electron chi connectivity index (χ3n) is 4.19. The van der Waals surface area contributed by atoms with Gasteiger partial charge in [-0.3, -0.25) is 8.42 Å². The van der Waals surface area contributed by atoms with Gasteiger partial charge in [-0.25, -0.2) is 0 Å². The quantitative estimate of drug-likeness (QED) is 0.351. The van der Waals surface area contributed by atoms with Gasteiger partial charge in [0.2, 0.25) is 10.8 Å². The van der Waals surface area contributed by atoms with Crippen molar-refractivity contribution in [3.63, 3.8) is 0 Å². The van der Waals surface area contributed by atoms with Gasteiger partial charge >= 0.3 is 11.4 Å². The van der Waals surface area contributed by atoms with E-state index in [1.807, 2.05) is 24.3 Å². The summed E-state index contributed by atoms with van der Waals surface area (Å²) in [7, 11) is -5.17. The minimum atomic E-state index is -5.17. The molecule has 0 atom stereocenters. The Morgan fingerprint density at radius 2 is 0.903 bits per heavy atom. The highest BCUT2D eigenvalue weighted by Gasteiger charge is 2.06. The molecule has 0 heterocycles. The minimum Gasteiger partial charge on any atom is -0.759 e. The molecule has 168 valence electrons. The van der Waals surface area contributed by atoms with Gasteiger partial charge in [-0.1, -0.05) is 0 Å². The van der Waals surface area contributed by atoms with Crippen LogP contribution in [-0.4, -0.2) is 43.7 Å². The molecule has 2 aromatic rings. The Morgan fingerprint density at radius 1 is 0.677 bits per heavy atom. The predicted molar refractivity (Wildman–Crippen MR) is 120 cm³/mol. The molecule has 0 aliphatic rings. The summed E-state index contributed by atoms with van der Waals surface area (Å²) in [5, 5.41) is 17.0. The van der Waals surface area contributed by atoms with E-state index in [9.17, 15) is 0 Å². The van der Waals surface area contributed by atoms with E-state index in [-0.39, 0.29) is 0 Å². The van der Waals surface area contributed by atoms with Gasteiger partial charge in [-0.05, 0) is 52.0 Å². The topological polar surface area (TPSA) is 143 Å². The van der Waals surface area contributed by atoms with Crippen molar-refractivity contribution in [2.75, 3.05) is 36.0 Å². The smallest absolute Gasteiger partial charge is 0.385 e. The Hall–Kier alpha value is -3.25. The van der Waals surface area contributed by atoms with Crippen LogP contribution >= 0.6 is 0 Å². The van der Waals surface area contributed by atoms with Crippen LogP contribution in [0.5, 0.6) is 0 Å². The Kier molecular flexibility index (Phi) is 13.1. The molecule has 0 aromatic heterocycles. The third kappa shape index (κ3) is 12.1. The first-order valence-electron chi connectivity index (χ1n) is 9.70. The second kappa shape index (κ2) is 14.7. The van der Waals surface area contributed by atoms with E-state index in [1.54, 1.807) is 24.3 Å². The molecule has 0 aliphatic heterocycles. The zero-order valence-electron chi connectivity index (χ0n) is 18.2. The first-order valence-corrected chi connectivity index (χ1v) is 11.0. The fourth-order valence-electron chi connectivity index (χ4n) is 2.64. The highest BCUT2D eigenvalue weighted by Crippen LogP contribution is 2.20. The van der Waals surface area contributed by atoms with Crippen molar-refractivity contribution >= 4 is 33.1 Å². The molecule has 0 bridgehead atoms. The van der Waals surface area contributed by atoms with Gasteiger partial charge in [0.25, 0.3) is 0 Å². The zero-order valence-corrected chi connectivity index (χ0v) is 19.0. The number of hydrogen-bond donors (Lipinski definition) is 0. The maximum absolute atomic E-state index is 8.52. The molecule has 0 N–H and O–H groups in total. The second-order valence-electron chi connectivity index (χ2n) is 5.99. The fraction of sp³-hybridized carbons (Fsp3) is 0.400. The van der Waals surface area contributed by atoms with Crippen molar-refractivity contribution in [2.24, 2.45) is 0 Å². The van der Waals surface area contributed by atoms with Gasteiger partial charge in [0, 0.05) is 72.2 Å². The van der Waals surface area contributed by atoms with Crippen molar-refractivity contribution in [1.29, 1.82) is 10.8 Å². The Labute approximate surface area is 183 Å². The molecular formula is C20H28N6O4S. The molecule has 11 heteroatoms. The molecule has 0 saturated carbocycles. The lowest BCUT2D eigenvalue weighted by Crippen LogP contribution is -2.21. The summed E-state index contributed by atoms with van der Waals surface area (Å²) in [6.07, 6.45) is 0. The molecule has 0 unspecified atom stereocenters. The van der Waals surface area contributed by atoms with E-state index in [0.717, 1.165) is 37.6 Å². The Morgan fingerprint density at radius 3 is 1.06 bits per heavy atom. The maximum atomic E-state index is 8.52. The van der Waals surface area contributed by atoms with Crippen LogP contribution in [-0.2, 0) is 10.4 Å². The van der Waals surface area contributed by atoms with Crippen LogP contribution in [0.4, 0.5) is 22.7 Å². The normalized spacial score (nSPS) is 9.68. The van der Waals surface area contributed by atoms with Crippen LogP contribution in [0.15, 0.2) is 48.5 Å². The zero-order chi connectivity index (χ0) is 23.9. The fourth-order valence-corrected chi connectivity index (χ4v) is 2.64. The van der Waals surface area contributed by atoms with Crippen LogP contribution in [0, 0.1) is 10.8 Å². The van der Waals surface area contributed by atoms with Crippen molar-refractivity contribution in [3.05, 3.63) is 58.5 Å². The SMILES string of the molecule is CCN(CC)c1ccc([N+]#N)cc1.CCN(CC)c1ccc([N+]#N)cc1.O=S(=O)([O-])[O-]. The lowest BCUT2D eigenvalue weighted by Gasteiger charge is -2.20. The summed E-state index contributed by atoms with van der Waals surface area (Å²) in [4.78, 5) is 10.7. The van der Waals surface area contributed by atoms with Crippen LogP contribution in [0.25, 0.3) is 9.95 Å². The average molecular weight is 449 g/mol. The highest BCUT2D eigenvalue weighted by molar-refractivity contribution is 7.79. The van der Waals surface area contributed by atoms with Crippen LogP contribution in [0.1, 0.15) is 27.7 Å². The number of nitrogens with zero attached hydrogens (tertiary/aromatic N) is 6. The summed E-state index contributed by atoms with van der Waals surface area (Å²) in [5.74, 6) is 0. The number of anilines is 2. The van der Waals surface area contributed by atoms with E-state index in [2.05, 4.69) is 47.4 Å². The van der Waals surface area contributed by atoms with E-state index >= 15 is 0 Å². The van der Waals surface area contributed by atoms with Crippen LogP contribution < -0.4 is 9.80 Å². The van der Waals surface area contributed by atoms with Gasteiger partial charge in [-0.2, -0.15) is 0 Å². The monoisotopic (exact) mass is 448 g/mol. The Bertz CT molecular complexity index is 870. The van der Waals surface area contributed by atoms with E-state index < -0.39 is 10.4 Å². The van der Waals surface area contributed by atoms with Gasteiger partial charge in [-0.15, -0.1) is 0 Å². The standard InChI is InChI=1S/2C10H14N3.H2O4S/c2*1-3-13(4-2)10-7-5-9(12-11)6-8-10;1-5(2,3)4/h2*5-8H,3-4H2,1-2H3;(H2,1,2,3,4)/q2*+1;/p-2. The minimum absolute atomic E-state index is 0.593. The van der Waals surface area contributed by atoms with Crippen molar-refractivity contribution < 1.29 is 17.5 Å². The third-order valence-corrected chi connectivity index (χ3v) is 4.19. The number of benzene rings is 2. The summed E-state index contributed by atoms with van der Waals surface area (Å²) in [5.41, 5.74) is 3.52. The molecule has 0 radical (unpaired) electrons. The molecular weight excluding hydrogens is 420 g/mol. The van der Waals surface area contributed by atoms with Crippen LogP contribution in [0.3, 0.4) is 0 Å². The molecule has 10 nitrogen and oxygen atoms in total. The summed E-state index contributed by atoms with van der Waals surface area (Å²) in [6.45, 7) is 12.4. The lowest BCUT2D eigenvalue weighted by molar-refractivity contribution is 0.352. The number of diazo groups is 2. The van der Waals surface area contributed by atoms with Crippen molar-refractivity contribution in [1.82, 2.24) is 0 Å². The molecule has 0 amide bonds. The second-order valence-corrected chi connectivity index (χ2v) is 6.80. The molecule has 0 saturated heterocycles. The Balaban J connectivity index is 0.000000479. The summed E-state index contributed by atoms with van der Waals surface area (Å²) in [6, 6.07) is 15.0. The van der Waals surface area contributed by atoms with E-state index in [4.69, 9.17) is 28.3 Å². The summed E-state index contributed by atoms with van der Waals surface area (Å²) < 4.78 is 34.1. The molecule has 2 aromatic carbocycles. The van der Waals surface area contributed by atoms with Crippen LogP contribution in [0.2, 0.25) is 0 Å². The molecule has 0 aliphatic carbocycles. The van der Waals surface area contributed by atoms with Gasteiger partial charge < -0.3 is 18.9 Å². The van der Waals surface area contributed by atoms with E-state index in [0.29, 0.717) is 11.4 Å². The van der Waals surface area contributed by atoms with E-state index in [1.165, 1.54) is 0 Å². The van der Waals surface area contributed by atoms with Gasteiger partial charge in [0.15, 0.2) is 9.95 Å². The number of rotatable bonds is 6. The number of hydrogen-bond acceptors (Lipinski definition) is 8.